The van der Waals surface area contributed by atoms with Gasteiger partial charge < -0.3 is 5.32 Å². The summed E-state index contributed by atoms with van der Waals surface area (Å²) in [5.74, 6) is -0.628. The molecule has 1 amide bonds. The van der Waals surface area contributed by atoms with E-state index in [1.54, 1.807) is 12.1 Å². The minimum Gasteiger partial charge on any atom is -0.353 e. The van der Waals surface area contributed by atoms with Crippen molar-refractivity contribution >= 4 is 23.6 Å². The summed E-state index contributed by atoms with van der Waals surface area (Å²) in [5, 5.41) is 2.75. The van der Waals surface area contributed by atoms with Gasteiger partial charge in [-0.1, -0.05) is 24.6 Å². The van der Waals surface area contributed by atoms with E-state index in [9.17, 15) is 9.18 Å². The zero-order valence-corrected chi connectivity index (χ0v) is 9.72. The monoisotopic (exact) mass is 241 g/mol. The molecule has 0 radical (unpaired) electrons. The summed E-state index contributed by atoms with van der Waals surface area (Å²) < 4.78 is 12.8. The van der Waals surface area contributed by atoms with E-state index in [-0.39, 0.29) is 10.9 Å². The van der Waals surface area contributed by atoms with Crippen LogP contribution in [0, 0.1) is 5.82 Å². The second-order valence-corrected chi connectivity index (χ2v) is 3.71. The van der Waals surface area contributed by atoms with Crippen molar-refractivity contribution in [1.82, 2.24) is 5.32 Å². The van der Waals surface area contributed by atoms with Gasteiger partial charge in [0.2, 0.25) is 5.91 Å². The number of hydrogen-bond donors (Lipinski definition) is 1. The van der Waals surface area contributed by atoms with Crippen LogP contribution in [0.1, 0.15) is 18.9 Å². The first-order valence-electron chi connectivity index (χ1n) is 5.04. The normalized spacial score (nSPS) is 10.7. The molecule has 0 aliphatic rings. The van der Waals surface area contributed by atoms with Crippen LogP contribution in [-0.2, 0) is 4.79 Å². The Morgan fingerprint density at radius 3 is 2.94 bits per heavy atom. The van der Waals surface area contributed by atoms with Crippen LogP contribution in [0.2, 0.25) is 5.02 Å². The molecule has 0 aliphatic carbocycles. The van der Waals surface area contributed by atoms with E-state index < -0.39 is 5.82 Å². The Morgan fingerprint density at radius 2 is 2.31 bits per heavy atom. The molecule has 16 heavy (non-hydrogen) atoms. The fraction of sp³-hybridized carbons (Fsp3) is 0.250. The summed E-state index contributed by atoms with van der Waals surface area (Å²) in [6, 6.07) is 4.30. The molecular weight excluding hydrogens is 229 g/mol. The van der Waals surface area contributed by atoms with Crippen molar-refractivity contribution in [1.29, 1.82) is 0 Å². The summed E-state index contributed by atoms with van der Waals surface area (Å²) in [5.41, 5.74) is 0.693. The molecule has 4 heteroatoms. The smallest absolute Gasteiger partial charge is 0.243 e. The lowest BCUT2D eigenvalue weighted by Gasteiger charge is -1.98. The highest BCUT2D eigenvalue weighted by Gasteiger charge is 1.99. The molecular formula is C12H13ClFNO. The zero-order valence-electron chi connectivity index (χ0n) is 8.97. The molecule has 0 heterocycles. The molecule has 0 spiro atoms. The quantitative estimate of drug-likeness (QED) is 0.807. The van der Waals surface area contributed by atoms with Gasteiger partial charge in [0.25, 0.3) is 0 Å². The molecule has 1 aromatic carbocycles. The number of rotatable bonds is 4. The number of hydrogen-bond acceptors (Lipinski definition) is 1. The second kappa shape index (κ2) is 6.28. The summed E-state index contributed by atoms with van der Waals surface area (Å²) in [4.78, 5) is 11.2. The van der Waals surface area contributed by atoms with Crippen molar-refractivity contribution in [2.75, 3.05) is 6.54 Å². The van der Waals surface area contributed by atoms with Gasteiger partial charge in [-0.25, -0.2) is 4.39 Å². The predicted molar refractivity (Wildman–Crippen MR) is 63.7 cm³/mol. The Morgan fingerprint density at radius 1 is 1.56 bits per heavy atom. The maximum Gasteiger partial charge on any atom is 0.243 e. The van der Waals surface area contributed by atoms with E-state index in [1.165, 1.54) is 18.2 Å². The zero-order chi connectivity index (χ0) is 12.0. The van der Waals surface area contributed by atoms with Crippen LogP contribution in [0.25, 0.3) is 6.08 Å². The van der Waals surface area contributed by atoms with E-state index in [4.69, 9.17) is 11.6 Å². The van der Waals surface area contributed by atoms with Gasteiger partial charge in [-0.05, 0) is 30.2 Å². The minimum absolute atomic E-state index is 0.0520. The SMILES string of the molecule is CCCNC(=O)C=Cc1ccc(F)c(Cl)c1. The second-order valence-electron chi connectivity index (χ2n) is 3.30. The molecule has 0 saturated carbocycles. The third-order valence-electron chi connectivity index (χ3n) is 1.92. The fourth-order valence-electron chi connectivity index (χ4n) is 1.10. The lowest BCUT2D eigenvalue weighted by molar-refractivity contribution is -0.116. The van der Waals surface area contributed by atoms with Crippen molar-refractivity contribution in [2.45, 2.75) is 13.3 Å². The summed E-state index contributed by atoms with van der Waals surface area (Å²) in [6.07, 6.45) is 3.89. The predicted octanol–water partition coefficient (Wildman–Crippen LogP) is 3.02. The largest absolute Gasteiger partial charge is 0.353 e. The molecule has 1 aromatic rings. The van der Waals surface area contributed by atoms with Crippen LogP contribution in [-0.4, -0.2) is 12.5 Å². The van der Waals surface area contributed by atoms with Crippen molar-refractivity contribution in [2.24, 2.45) is 0 Å². The van der Waals surface area contributed by atoms with Crippen LogP contribution in [0.3, 0.4) is 0 Å². The standard InChI is InChI=1S/C12H13ClFNO/c1-2-7-15-12(16)6-4-9-3-5-11(14)10(13)8-9/h3-6,8H,2,7H2,1H3,(H,15,16). The first-order chi connectivity index (χ1) is 7.63. The van der Waals surface area contributed by atoms with E-state index >= 15 is 0 Å². The molecule has 1 N–H and O–H groups in total. The van der Waals surface area contributed by atoms with Gasteiger partial charge in [-0.3, -0.25) is 4.79 Å². The first kappa shape index (κ1) is 12.7. The van der Waals surface area contributed by atoms with Gasteiger partial charge in [-0.15, -0.1) is 0 Å². The van der Waals surface area contributed by atoms with Gasteiger partial charge in [-0.2, -0.15) is 0 Å². The molecule has 2 nitrogen and oxygen atoms in total. The Bertz CT molecular complexity index is 404. The van der Waals surface area contributed by atoms with Crippen LogP contribution < -0.4 is 5.32 Å². The number of benzene rings is 1. The maximum atomic E-state index is 12.8. The van der Waals surface area contributed by atoms with Crippen LogP contribution in [0.5, 0.6) is 0 Å². The van der Waals surface area contributed by atoms with Gasteiger partial charge in [0.1, 0.15) is 5.82 Å². The van der Waals surface area contributed by atoms with Crippen molar-refractivity contribution in [3.63, 3.8) is 0 Å². The lowest BCUT2D eigenvalue weighted by atomic mass is 10.2. The Balaban J connectivity index is 2.62. The number of carbonyl (C=O) groups excluding carboxylic acids is 1. The third kappa shape index (κ3) is 4.03. The highest BCUT2D eigenvalue weighted by atomic mass is 35.5. The lowest BCUT2D eigenvalue weighted by Crippen LogP contribution is -2.21. The summed E-state index contributed by atoms with van der Waals surface area (Å²) in [7, 11) is 0. The number of halogens is 2. The van der Waals surface area contributed by atoms with Crippen molar-refractivity contribution in [3.8, 4) is 0 Å². The van der Waals surface area contributed by atoms with E-state index in [2.05, 4.69) is 5.32 Å². The van der Waals surface area contributed by atoms with E-state index in [1.807, 2.05) is 6.92 Å². The maximum absolute atomic E-state index is 12.8. The molecule has 0 saturated heterocycles. The molecule has 0 fully saturated rings. The minimum atomic E-state index is -0.464. The van der Waals surface area contributed by atoms with Crippen molar-refractivity contribution in [3.05, 3.63) is 40.7 Å². The fourth-order valence-corrected chi connectivity index (χ4v) is 1.28. The average molecular weight is 242 g/mol. The number of carbonyl (C=O) groups is 1. The van der Waals surface area contributed by atoms with Gasteiger partial charge in [0.05, 0.1) is 5.02 Å². The van der Waals surface area contributed by atoms with Crippen molar-refractivity contribution < 1.29 is 9.18 Å². The molecule has 0 aromatic heterocycles. The highest BCUT2D eigenvalue weighted by molar-refractivity contribution is 6.30. The third-order valence-corrected chi connectivity index (χ3v) is 2.21. The average Bonchev–Trinajstić information content (AvgIpc) is 2.28. The Labute approximate surface area is 99.1 Å². The molecule has 1 rings (SSSR count). The molecule has 0 atom stereocenters. The first-order valence-corrected chi connectivity index (χ1v) is 5.42. The van der Waals surface area contributed by atoms with E-state index in [0.717, 1.165) is 6.42 Å². The van der Waals surface area contributed by atoms with Crippen LogP contribution >= 0.6 is 11.6 Å². The van der Waals surface area contributed by atoms with Crippen LogP contribution in [0.4, 0.5) is 4.39 Å². The Kier molecular flexibility index (Phi) is 4.99. The van der Waals surface area contributed by atoms with Gasteiger partial charge >= 0.3 is 0 Å². The number of nitrogens with one attached hydrogen (secondary N) is 1. The van der Waals surface area contributed by atoms with Gasteiger partial charge in [0, 0.05) is 12.6 Å². The summed E-state index contributed by atoms with van der Waals surface area (Å²) >= 11 is 5.60. The topological polar surface area (TPSA) is 29.1 Å². The number of amides is 1. The molecule has 0 aliphatic heterocycles. The summed E-state index contributed by atoms with van der Waals surface area (Å²) in [6.45, 7) is 2.62. The Hall–Kier alpha value is -1.35. The molecule has 0 unspecified atom stereocenters. The molecule has 86 valence electrons. The van der Waals surface area contributed by atoms with Gasteiger partial charge in [0.15, 0.2) is 0 Å². The van der Waals surface area contributed by atoms with E-state index in [0.29, 0.717) is 12.1 Å². The highest BCUT2D eigenvalue weighted by Crippen LogP contribution is 2.16. The molecule has 0 bridgehead atoms. The van der Waals surface area contributed by atoms with Crippen LogP contribution in [0.15, 0.2) is 24.3 Å².